The monoisotopic (exact) mass is 469 g/mol. The summed E-state index contributed by atoms with van der Waals surface area (Å²) in [7, 11) is 1.38. The highest BCUT2D eigenvalue weighted by molar-refractivity contribution is 7.13. The first-order chi connectivity index (χ1) is 15.9. The molecule has 8 heteroatoms. The Morgan fingerprint density at radius 3 is 2.52 bits per heavy atom. The molecule has 0 aliphatic rings. The Balaban J connectivity index is 2.06. The van der Waals surface area contributed by atoms with E-state index in [2.05, 4.69) is 6.58 Å². The number of ether oxygens (including phenoxy) is 3. The van der Waals surface area contributed by atoms with Gasteiger partial charge in [-0.2, -0.15) is 0 Å². The summed E-state index contributed by atoms with van der Waals surface area (Å²) >= 11 is 1.43. The number of aromatic nitrogens is 1. The quantitative estimate of drug-likeness (QED) is 0.353. The lowest BCUT2D eigenvalue weighted by Gasteiger charge is -2.17. The van der Waals surface area contributed by atoms with Crippen molar-refractivity contribution in [2.75, 3.05) is 20.3 Å². The van der Waals surface area contributed by atoms with Gasteiger partial charge in [0.2, 0.25) is 0 Å². The number of hydrogen-bond donors (Lipinski definition) is 2. The average molecular weight is 470 g/mol. The molecule has 1 atom stereocenters. The van der Waals surface area contributed by atoms with E-state index < -0.39 is 12.1 Å². The summed E-state index contributed by atoms with van der Waals surface area (Å²) in [5, 5.41) is 22.9. The molecule has 174 valence electrons. The number of methoxy groups -OCH3 is 1. The molecular formula is C25H27NO6S. The predicted octanol–water partition coefficient (Wildman–Crippen LogP) is 5.59. The molecular weight excluding hydrogens is 442 g/mol. The van der Waals surface area contributed by atoms with Crippen molar-refractivity contribution in [3.8, 4) is 39.1 Å². The number of thiazole rings is 1. The first-order valence-electron chi connectivity index (χ1n) is 10.5. The fourth-order valence-corrected chi connectivity index (χ4v) is 4.27. The fourth-order valence-electron chi connectivity index (χ4n) is 3.44. The van der Waals surface area contributed by atoms with Crippen molar-refractivity contribution in [3.05, 3.63) is 59.5 Å². The molecule has 2 aromatic carbocycles. The molecule has 0 amide bonds. The minimum Gasteiger partial charge on any atom is -0.495 e. The van der Waals surface area contributed by atoms with E-state index in [0.717, 1.165) is 10.6 Å². The molecule has 0 spiro atoms. The lowest BCUT2D eigenvalue weighted by molar-refractivity contribution is 0.0692. The van der Waals surface area contributed by atoms with E-state index in [-0.39, 0.29) is 17.7 Å². The van der Waals surface area contributed by atoms with Crippen LogP contribution < -0.4 is 14.2 Å². The van der Waals surface area contributed by atoms with Crippen LogP contribution in [0.15, 0.2) is 48.4 Å². The number of aliphatic hydroxyl groups is 1. The smallest absolute Gasteiger partial charge is 0.339 e. The van der Waals surface area contributed by atoms with Gasteiger partial charge in [0.1, 0.15) is 16.3 Å². The van der Waals surface area contributed by atoms with E-state index >= 15 is 0 Å². The standard InChI is InChI=1S/C25H27NO6S/c1-5-8-20(27)17-11-16(12-18(25(28)29)23(17)30-4)19-14-33-24(26-19)15-9-10-21(31-6-2)22(13-15)32-7-3/h5,9-14,20,27H,1,6-8H2,2-4H3,(H,28,29). The summed E-state index contributed by atoms with van der Waals surface area (Å²) < 4.78 is 16.7. The topological polar surface area (TPSA) is 98.1 Å². The number of carboxylic acid groups (broad SMARTS) is 1. The van der Waals surface area contributed by atoms with E-state index in [9.17, 15) is 15.0 Å². The van der Waals surface area contributed by atoms with Crippen molar-refractivity contribution in [1.82, 2.24) is 4.98 Å². The highest BCUT2D eigenvalue weighted by atomic mass is 32.1. The van der Waals surface area contributed by atoms with Gasteiger partial charge in [0.05, 0.1) is 32.1 Å². The van der Waals surface area contributed by atoms with Crippen LogP contribution in [0.3, 0.4) is 0 Å². The third-order valence-corrected chi connectivity index (χ3v) is 5.78. The van der Waals surface area contributed by atoms with Gasteiger partial charge in [-0.3, -0.25) is 0 Å². The van der Waals surface area contributed by atoms with E-state index in [4.69, 9.17) is 19.2 Å². The number of carbonyl (C=O) groups is 1. The second-order valence-corrected chi connectivity index (χ2v) is 7.92. The molecule has 1 heterocycles. The van der Waals surface area contributed by atoms with Gasteiger partial charge < -0.3 is 24.4 Å². The summed E-state index contributed by atoms with van der Waals surface area (Å²) in [6.45, 7) is 8.51. The number of benzene rings is 2. The van der Waals surface area contributed by atoms with Gasteiger partial charge in [0.15, 0.2) is 11.5 Å². The molecule has 3 rings (SSSR count). The van der Waals surface area contributed by atoms with Gasteiger partial charge >= 0.3 is 5.97 Å². The summed E-state index contributed by atoms with van der Waals surface area (Å²) in [4.78, 5) is 16.6. The van der Waals surface area contributed by atoms with Crippen molar-refractivity contribution >= 4 is 17.3 Å². The SMILES string of the molecule is C=CCC(O)c1cc(-c2csc(-c3ccc(OCC)c(OCC)c3)n2)cc(C(=O)O)c1OC. The maximum absolute atomic E-state index is 11.9. The molecule has 1 aromatic heterocycles. The zero-order chi connectivity index (χ0) is 24.0. The molecule has 0 radical (unpaired) electrons. The third kappa shape index (κ3) is 5.35. The van der Waals surface area contributed by atoms with Gasteiger partial charge in [-0.1, -0.05) is 6.08 Å². The zero-order valence-electron chi connectivity index (χ0n) is 18.8. The van der Waals surface area contributed by atoms with Gasteiger partial charge in [0.25, 0.3) is 0 Å². The predicted molar refractivity (Wildman–Crippen MR) is 129 cm³/mol. The molecule has 33 heavy (non-hydrogen) atoms. The van der Waals surface area contributed by atoms with E-state index in [1.807, 2.05) is 37.4 Å². The summed E-state index contributed by atoms with van der Waals surface area (Å²) in [6, 6.07) is 8.86. The maximum atomic E-state index is 11.9. The zero-order valence-corrected chi connectivity index (χ0v) is 19.6. The van der Waals surface area contributed by atoms with Gasteiger partial charge in [0, 0.05) is 22.1 Å². The van der Waals surface area contributed by atoms with Crippen molar-refractivity contribution in [3.63, 3.8) is 0 Å². The second-order valence-electron chi connectivity index (χ2n) is 7.06. The Morgan fingerprint density at radius 2 is 1.88 bits per heavy atom. The van der Waals surface area contributed by atoms with Crippen molar-refractivity contribution < 1.29 is 29.2 Å². The molecule has 0 aliphatic heterocycles. The molecule has 1 unspecified atom stereocenters. The molecule has 7 nitrogen and oxygen atoms in total. The maximum Gasteiger partial charge on any atom is 0.339 e. The number of hydrogen-bond acceptors (Lipinski definition) is 7. The molecule has 0 saturated carbocycles. The van der Waals surface area contributed by atoms with E-state index in [1.54, 1.807) is 12.1 Å². The van der Waals surface area contributed by atoms with Crippen LogP contribution >= 0.6 is 11.3 Å². The van der Waals surface area contributed by atoms with E-state index in [1.165, 1.54) is 24.5 Å². The van der Waals surface area contributed by atoms with Crippen LogP contribution in [0.1, 0.15) is 42.3 Å². The van der Waals surface area contributed by atoms with Crippen molar-refractivity contribution in [2.24, 2.45) is 0 Å². The molecule has 0 aliphatic carbocycles. The molecule has 0 bridgehead atoms. The van der Waals surface area contributed by atoms with Crippen LogP contribution in [0.25, 0.3) is 21.8 Å². The average Bonchev–Trinajstić information content (AvgIpc) is 3.30. The van der Waals surface area contributed by atoms with Crippen LogP contribution in [0.2, 0.25) is 0 Å². The first-order valence-corrected chi connectivity index (χ1v) is 11.4. The summed E-state index contributed by atoms with van der Waals surface area (Å²) in [5.74, 6) is 0.288. The number of aliphatic hydroxyl groups excluding tert-OH is 1. The van der Waals surface area contributed by atoms with Crippen LogP contribution in [-0.2, 0) is 0 Å². The van der Waals surface area contributed by atoms with Crippen LogP contribution in [-0.4, -0.2) is 41.5 Å². The third-order valence-electron chi connectivity index (χ3n) is 4.89. The largest absolute Gasteiger partial charge is 0.495 e. The Morgan fingerprint density at radius 1 is 1.15 bits per heavy atom. The lowest BCUT2D eigenvalue weighted by Crippen LogP contribution is -2.07. The molecule has 0 fully saturated rings. The normalized spacial score (nSPS) is 11.6. The van der Waals surface area contributed by atoms with Crippen LogP contribution in [0.4, 0.5) is 0 Å². The van der Waals surface area contributed by atoms with Crippen LogP contribution in [0, 0.1) is 0 Å². The van der Waals surface area contributed by atoms with Crippen molar-refractivity contribution in [2.45, 2.75) is 26.4 Å². The minimum atomic E-state index is -1.15. The lowest BCUT2D eigenvalue weighted by atomic mass is 9.97. The van der Waals surface area contributed by atoms with E-state index in [0.29, 0.717) is 41.5 Å². The molecule has 3 aromatic rings. The first kappa shape index (κ1) is 24.3. The number of nitrogens with zero attached hydrogens (tertiary/aromatic N) is 1. The number of aromatic carboxylic acids is 1. The highest BCUT2D eigenvalue weighted by Gasteiger charge is 2.22. The Kier molecular flexibility index (Phi) is 8.08. The minimum absolute atomic E-state index is 0.0395. The number of carboxylic acids is 1. The second kappa shape index (κ2) is 11.0. The summed E-state index contributed by atoms with van der Waals surface area (Å²) in [5.41, 5.74) is 2.37. The van der Waals surface area contributed by atoms with Gasteiger partial charge in [-0.25, -0.2) is 9.78 Å². The Bertz CT molecular complexity index is 1140. The highest BCUT2D eigenvalue weighted by Crippen LogP contribution is 2.39. The van der Waals surface area contributed by atoms with Crippen molar-refractivity contribution in [1.29, 1.82) is 0 Å². The Hall–Kier alpha value is -3.36. The number of rotatable bonds is 11. The fraction of sp³-hybridized carbons (Fsp3) is 0.280. The van der Waals surface area contributed by atoms with Crippen LogP contribution in [0.5, 0.6) is 17.2 Å². The Labute approximate surface area is 196 Å². The van der Waals surface area contributed by atoms with Gasteiger partial charge in [-0.15, -0.1) is 17.9 Å². The molecule has 0 saturated heterocycles. The van der Waals surface area contributed by atoms with Gasteiger partial charge in [-0.05, 0) is 50.6 Å². The molecule has 2 N–H and O–H groups in total. The summed E-state index contributed by atoms with van der Waals surface area (Å²) in [6.07, 6.45) is 0.877.